The largest absolute Gasteiger partial charge is 0.370 e. The summed E-state index contributed by atoms with van der Waals surface area (Å²) >= 11 is 0. The van der Waals surface area contributed by atoms with Gasteiger partial charge in [0.25, 0.3) is 0 Å². The molecule has 0 saturated heterocycles. The third-order valence-corrected chi connectivity index (χ3v) is 3.58. The van der Waals surface area contributed by atoms with Gasteiger partial charge < -0.3 is 11.1 Å². The van der Waals surface area contributed by atoms with Crippen molar-refractivity contribution < 1.29 is 0 Å². The molecular weight excluding hydrogens is 264 g/mol. The quantitative estimate of drug-likeness (QED) is 0.652. The van der Waals surface area contributed by atoms with Crippen molar-refractivity contribution in [3.8, 4) is 0 Å². The van der Waals surface area contributed by atoms with Crippen molar-refractivity contribution in [1.82, 2.24) is 15.0 Å². The first kappa shape index (κ1) is 15.0. The van der Waals surface area contributed by atoms with Crippen molar-refractivity contribution in [1.29, 1.82) is 0 Å². The van der Waals surface area contributed by atoms with Crippen LogP contribution < -0.4 is 11.1 Å². The fraction of sp³-hybridized carbons (Fsp3) is 0.400. The molecule has 2 aromatic rings. The second-order valence-corrected chi connectivity index (χ2v) is 5.11. The van der Waals surface area contributed by atoms with Crippen LogP contribution in [0.15, 0.2) is 35.5 Å². The lowest BCUT2D eigenvalue weighted by molar-refractivity contribution is 0.678. The minimum Gasteiger partial charge on any atom is -0.370 e. The number of nitrogens with zero attached hydrogens (tertiary/aromatic N) is 4. The van der Waals surface area contributed by atoms with E-state index in [4.69, 9.17) is 5.73 Å². The van der Waals surface area contributed by atoms with Gasteiger partial charge in [-0.25, -0.2) is 4.99 Å². The smallest absolute Gasteiger partial charge is 0.193 e. The van der Waals surface area contributed by atoms with E-state index in [2.05, 4.69) is 46.6 Å². The fourth-order valence-corrected chi connectivity index (χ4v) is 1.94. The van der Waals surface area contributed by atoms with E-state index in [1.807, 2.05) is 19.2 Å². The first-order chi connectivity index (χ1) is 10.1. The highest BCUT2D eigenvalue weighted by atomic mass is 15.4. The Hall–Kier alpha value is -2.37. The van der Waals surface area contributed by atoms with Crippen molar-refractivity contribution in [3.63, 3.8) is 0 Å². The van der Waals surface area contributed by atoms with Gasteiger partial charge in [-0.05, 0) is 30.0 Å². The van der Waals surface area contributed by atoms with Crippen LogP contribution in [-0.4, -0.2) is 21.0 Å². The standard InChI is InChI=1S/C15H22N6/c1-4-11(2)12-5-7-13(8-6-12)19-15(16)17-9-14-10-18-20-21(14)3/h5-8,10-11H,4,9H2,1-3H3,(H3,16,17,19). The van der Waals surface area contributed by atoms with Crippen LogP contribution in [0.25, 0.3) is 0 Å². The molecule has 0 bridgehead atoms. The minimum absolute atomic E-state index is 0.382. The summed E-state index contributed by atoms with van der Waals surface area (Å²) in [5.41, 5.74) is 9.06. The maximum atomic E-state index is 5.89. The number of hydrogen-bond donors (Lipinski definition) is 2. The Kier molecular flexibility index (Phi) is 4.92. The maximum Gasteiger partial charge on any atom is 0.193 e. The monoisotopic (exact) mass is 286 g/mol. The van der Waals surface area contributed by atoms with E-state index in [1.54, 1.807) is 10.9 Å². The highest BCUT2D eigenvalue weighted by Gasteiger charge is 2.03. The molecule has 0 spiro atoms. The second kappa shape index (κ2) is 6.88. The Morgan fingerprint density at radius 1 is 1.38 bits per heavy atom. The van der Waals surface area contributed by atoms with E-state index in [-0.39, 0.29) is 0 Å². The first-order valence-electron chi connectivity index (χ1n) is 7.10. The number of hydrogen-bond acceptors (Lipinski definition) is 3. The third kappa shape index (κ3) is 4.05. The van der Waals surface area contributed by atoms with Crippen LogP contribution in [0.5, 0.6) is 0 Å². The molecule has 21 heavy (non-hydrogen) atoms. The molecule has 6 nitrogen and oxygen atoms in total. The van der Waals surface area contributed by atoms with Gasteiger partial charge in [-0.15, -0.1) is 5.10 Å². The fourth-order valence-electron chi connectivity index (χ4n) is 1.94. The predicted molar refractivity (Wildman–Crippen MR) is 85.1 cm³/mol. The summed E-state index contributed by atoms with van der Waals surface area (Å²) < 4.78 is 1.68. The average Bonchev–Trinajstić information content (AvgIpc) is 2.90. The third-order valence-electron chi connectivity index (χ3n) is 3.58. The van der Waals surface area contributed by atoms with Gasteiger partial charge in [0.1, 0.15) is 0 Å². The number of anilines is 1. The van der Waals surface area contributed by atoms with Crippen molar-refractivity contribution in [2.24, 2.45) is 17.8 Å². The van der Waals surface area contributed by atoms with Crippen LogP contribution in [-0.2, 0) is 13.6 Å². The molecule has 1 atom stereocenters. The van der Waals surface area contributed by atoms with Crippen LogP contribution in [0.1, 0.15) is 37.4 Å². The zero-order chi connectivity index (χ0) is 15.2. The van der Waals surface area contributed by atoms with Gasteiger partial charge in [-0.3, -0.25) is 4.68 Å². The first-order valence-corrected chi connectivity index (χ1v) is 7.10. The van der Waals surface area contributed by atoms with Gasteiger partial charge in [0.15, 0.2) is 5.96 Å². The summed E-state index contributed by atoms with van der Waals surface area (Å²) in [6, 6.07) is 8.29. The number of rotatable bonds is 5. The molecular formula is C15H22N6. The lowest BCUT2D eigenvalue weighted by Gasteiger charge is -2.10. The molecule has 0 amide bonds. The number of aryl methyl sites for hydroxylation is 1. The average molecular weight is 286 g/mol. The van der Waals surface area contributed by atoms with Gasteiger partial charge in [-0.2, -0.15) is 0 Å². The van der Waals surface area contributed by atoms with Crippen LogP contribution in [0, 0.1) is 0 Å². The van der Waals surface area contributed by atoms with Crippen LogP contribution in [0.4, 0.5) is 5.69 Å². The van der Waals surface area contributed by atoms with E-state index >= 15 is 0 Å². The number of nitrogens with one attached hydrogen (secondary N) is 1. The Morgan fingerprint density at radius 3 is 2.67 bits per heavy atom. The summed E-state index contributed by atoms with van der Waals surface area (Å²) in [6.07, 6.45) is 2.81. The topological polar surface area (TPSA) is 81.1 Å². The summed E-state index contributed by atoms with van der Waals surface area (Å²) in [6.45, 7) is 4.86. The molecule has 0 aliphatic rings. The van der Waals surface area contributed by atoms with E-state index in [0.717, 1.165) is 17.8 Å². The van der Waals surface area contributed by atoms with Gasteiger partial charge in [-0.1, -0.05) is 31.2 Å². The van der Waals surface area contributed by atoms with Crippen LogP contribution in [0.3, 0.4) is 0 Å². The number of aromatic nitrogens is 3. The van der Waals surface area contributed by atoms with E-state index < -0.39 is 0 Å². The van der Waals surface area contributed by atoms with Gasteiger partial charge in [0.2, 0.25) is 0 Å². The lowest BCUT2D eigenvalue weighted by atomic mass is 9.99. The van der Waals surface area contributed by atoms with Gasteiger partial charge in [0.05, 0.1) is 18.4 Å². The summed E-state index contributed by atoms with van der Waals surface area (Å²) in [5, 5.41) is 10.7. The highest BCUT2D eigenvalue weighted by Crippen LogP contribution is 2.20. The van der Waals surface area contributed by atoms with E-state index in [0.29, 0.717) is 18.4 Å². The molecule has 1 aromatic heterocycles. The minimum atomic E-state index is 0.382. The lowest BCUT2D eigenvalue weighted by Crippen LogP contribution is -2.22. The summed E-state index contributed by atoms with van der Waals surface area (Å²) in [5.74, 6) is 0.954. The molecule has 0 fully saturated rings. The molecule has 112 valence electrons. The number of nitrogens with two attached hydrogens (primary N) is 1. The zero-order valence-electron chi connectivity index (χ0n) is 12.7. The molecule has 2 rings (SSSR count). The molecule has 1 aromatic carbocycles. The molecule has 6 heteroatoms. The van der Waals surface area contributed by atoms with Crippen molar-refractivity contribution >= 4 is 11.6 Å². The normalized spacial score (nSPS) is 13.2. The predicted octanol–water partition coefficient (Wildman–Crippen LogP) is 2.26. The summed E-state index contributed by atoms with van der Waals surface area (Å²) in [4.78, 5) is 4.28. The molecule has 0 aliphatic carbocycles. The Balaban J connectivity index is 1.96. The van der Waals surface area contributed by atoms with E-state index in [1.165, 1.54) is 5.56 Å². The number of guanidine groups is 1. The molecule has 1 unspecified atom stereocenters. The van der Waals surface area contributed by atoms with Crippen LogP contribution >= 0.6 is 0 Å². The molecule has 3 N–H and O–H groups in total. The van der Waals surface area contributed by atoms with Crippen molar-refractivity contribution in [2.45, 2.75) is 32.7 Å². The van der Waals surface area contributed by atoms with Crippen LogP contribution in [0.2, 0.25) is 0 Å². The summed E-state index contributed by atoms with van der Waals surface area (Å²) in [7, 11) is 1.83. The molecule has 0 radical (unpaired) electrons. The Bertz CT molecular complexity index is 599. The SMILES string of the molecule is CCC(C)c1ccc(NC(N)=NCc2cnnn2C)cc1. The molecule has 0 saturated carbocycles. The number of benzene rings is 1. The van der Waals surface area contributed by atoms with Crippen molar-refractivity contribution in [2.75, 3.05) is 5.32 Å². The molecule has 1 heterocycles. The maximum absolute atomic E-state index is 5.89. The van der Waals surface area contributed by atoms with E-state index in [9.17, 15) is 0 Å². The Morgan fingerprint density at radius 2 is 2.10 bits per heavy atom. The second-order valence-electron chi connectivity index (χ2n) is 5.11. The Labute approximate surface area is 125 Å². The molecule has 0 aliphatic heterocycles. The van der Waals surface area contributed by atoms with Crippen molar-refractivity contribution in [3.05, 3.63) is 41.7 Å². The highest BCUT2D eigenvalue weighted by molar-refractivity contribution is 5.92. The van der Waals surface area contributed by atoms with Gasteiger partial charge in [0, 0.05) is 12.7 Å². The number of aliphatic imine (C=N–C) groups is 1. The van der Waals surface area contributed by atoms with Gasteiger partial charge >= 0.3 is 0 Å². The zero-order valence-corrected chi connectivity index (χ0v) is 12.7.